The maximum Gasteiger partial charge on any atom is 0.320 e. The van der Waals surface area contributed by atoms with Crippen LogP contribution in [0, 0.1) is 12.7 Å². The highest BCUT2D eigenvalue weighted by molar-refractivity contribution is 5.76. The van der Waals surface area contributed by atoms with Crippen molar-refractivity contribution in [3.63, 3.8) is 0 Å². The zero-order valence-corrected chi connectivity index (χ0v) is 14.1. The van der Waals surface area contributed by atoms with Crippen LogP contribution in [-0.4, -0.2) is 20.6 Å². The van der Waals surface area contributed by atoms with Crippen LogP contribution in [-0.2, 0) is 11.3 Å². The number of nitrogens with one attached hydrogen (secondary N) is 1. The number of rotatable bonds is 3. The predicted octanol–water partition coefficient (Wildman–Crippen LogP) is 1.36. The Morgan fingerprint density at radius 2 is 1.83 bits per heavy atom. The van der Waals surface area contributed by atoms with Crippen molar-refractivity contribution in [1.29, 1.82) is 0 Å². The molecule has 0 saturated heterocycles. The number of hydrogen-bond acceptors (Lipinski definition) is 3. The Balaban J connectivity index is 2.40. The Kier molecular flexibility index (Phi) is 4.73. The Morgan fingerprint density at radius 3 is 2.46 bits per heavy atom. The molecule has 128 valence electrons. The Hall–Kier alpha value is -2.70. The lowest BCUT2D eigenvalue weighted by Gasteiger charge is -2.20. The lowest BCUT2D eigenvalue weighted by molar-refractivity contribution is -0.123. The molecule has 1 N–H and O–H groups in total. The van der Waals surface area contributed by atoms with Gasteiger partial charge in [-0.25, -0.2) is 4.39 Å². The lowest BCUT2D eigenvalue weighted by Crippen LogP contribution is -2.46. The summed E-state index contributed by atoms with van der Waals surface area (Å²) < 4.78 is 15.5. The molecule has 1 aromatic carbocycles. The van der Waals surface area contributed by atoms with E-state index in [-0.39, 0.29) is 12.5 Å². The van der Waals surface area contributed by atoms with Gasteiger partial charge in [0.25, 0.3) is 0 Å². The molecule has 2 aromatic rings. The number of nitrogens with zero attached hydrogens (tertiary/aromatic N) is 2. The van der Waals surface area contributed by atoms with Crippen molar-refractivity contribution < 1.29 is 9.18 Å². The summed E-state index contributed by atoms with van der Waals surface area (Å²) in [5.41, 5.74) is -1.17. The molecule has 24 heavy (non-hydrogen) atoms. The molecular formula is C17H20FN3O3. The zero-order valence-electron chi connectivity index (χ0n) is 14.1. The van der Waals surface area contributed by atoms with Crippen LogP contribution in [0.25, 0.3) is 5.69 Å². The van der Waals surface area contributed by atoms with E-state index in [1.165, 1.54) is 30.6 Å². The number of amides is 1. The first-order valence-corrected chi connectivity index (χ1v) is 7.48. The lowest BCUT2D eigenvalue weighted by atomic mass is 10.1. The molecule has 0 saturated carbocycles. The second-order valence-corrected chi connectivity index (χ2v) is 6.64. The molecule has 0 fully saturated rings. The molecule has 0 radical (unpaired) electrons. The van der Waals surface area contributed by atoms with E-state index in [0.717, 1.165) is 9.13 Å². The van der Waals surface area contributed by atoms with Gasteiger partial charge in [0.2, 0.25) is 5.91 Å². The van der Waals surface area contributed by atoms with Gasteiger partial charge in [0.1, 0.15) is 12.4 Å². The summed E-state index contributed by atoms with van der Waals surface area (Å²) in [6.07, 6.45) is 2.70. The quantitative estimate of drug-likeness (QED) is 0.862. The molecule has 0 spiro atoms. The number of carbonyl (C=O) groups is 1. The minimum atomic E-state index is -0.842. The van der Waals surface area contributed by atoms with E-state index in [4.69, 9.17) is 0 Å². The summed E-state index contributed by atoms with van der Waals surface area (Å²) in [5.74, 6) is -0.875. The normalized spacial score (nSPS) is 11.4. The molecule has 1 amide bonds. The van der Waals surface area contributed by atoms with Gasteiger partial charge in [-0.05, 0) is 45.4 Å². The van der Waals surface area contributed by atoms with Crippen molar-refractivity contribution in [3.05, 3.63) is 62.7 Å². The fourth-order valence-electron chi connectivity index (χ4n) is 2.28. The smallest absolute Gasteiger partial charge is 0.320 e. The highest BCUT2D eigenvalue weighted by Crippen LogP contribution is 2.13. The summed E-state index contributed by atoms with van der Waals surface area (Å²) in [4.78, 5) is 36.4. The number of benzene rings is 1. The number of aromatic nitrogens is 2. The average Bonchev–Trinajstić information content (AvgIpc) is 2.45. The number of hydrogen-bond donors (Lipinski definition) is 1. The molecule has 6 nitrogen and oxygen atoms in total. The maximum atomic E-state index is 13.4. The number of aryl methyl sites for hydroxylation is 1. The number of carbonyl (C=O) groups excluding carboxylic acids is 1. The standard InChI is InChI=1S/C17H20FN3O3/c1-11-5-6-12(18)9-13(11)21-8-7-20(15(23)16(21)24)10-14(22)19-17(2,3)4/h5-9H,10H2,1-4H3,(H,19,22). The number of halogens is 1. The third kappa shape index (κ3) is 3.98. The largest absolute Gasteiger partial charge is 0.350 e. The molecule has 0 bridgehead atoms. The van der Waals surface area contributed by atoms with Crippen LogP contribution in [0.5, 0.6) is 0 Å². The molecule has 0 aliphatic carbocycles. The molecular weight excluding hydrogens is 313 g/mol. The van der Waals surface area contributed by atoms with Crippen LogP contribution in [0.3, 0.4) is 0 Å². The van der Waals surface area contributed by atoms with E-state index in [0.29, 0.717) is 11.3 Å². The van der Waals surface area contributed by atoms with Gasteiger partial charge in [-0.15, -0.1) is 0 Å². The van der Waals surface area contributed by atoms with Crippen LogP contribution >= 0.6 is 0 Å². The Morgan fingerprint density at radius 1 is 1.17 bits per heavy atom. The SMILES string of the molecule is Cc1ccc(F)cc1-n1ccn(CC(=O)NC(C)(C)C)c(=O)c1=O. The minimum absolute atomic E-state index is 0.256. The van der Waals surface area contributed by atoms with Gasteiger partial charge in [-0.3, -0.25) is 23.5 Å². The molecule has 1 aromatic heterocycles. The summed E-state index contributed by atoms with van der Waals surface area (Å²) >= 11 is 0. The van der Waals surface area contributed by atoms with E-state index in [1.54, 1.807) is 6.92 Å². The van der Waals surface area contributed by atoms with E-state index in [2.05, 4.69) is 5.32 Å². The van der Waals surface area contributed by atoms with Crippen molar-refractivity contribution in [3.8, 4) is 5.69 Å². The summed E-state index contributed by atoms with van der Waals surface area (Å²) in [6.45, 7) is 6.91. The second-order valence-electron chi connectivity index (χ2n) is 6.64. The van der Waals surface area contributed by atoms with Crippen LogP contribution in [0.1, 0.15) is 26.3 Å². The van der Waals surface area contributed by atoms with Crippen LogP contribution < -0.4 is 16.4 Å². The fourth-order valence-corrected chi connectivity index (χ4v) is 2.28. The van der Waals surface area contributed by atoms with Crippen LogP contribution in [0.15, 0.2) is 40.2 Å². The minimum Gasteiger partial charge on any atom is -0.350 e. The maximum absolute atomic E-state index is 13.4. The monoisotopic (exact) mass is 333 g/mol. The van der Waals surface area contributed by atoms with Crippen molar-refractivity contribution in [2.24, 2.45) is 0 Å². The van der Waals surface area contributed by atoms with Gasteiger partial charge in [-0.1, -0.05) is 6.07 Å². The summed E-state index contributed by atoms with van der Waals surface area (Å²) in [5, 5.41) is 2.72. The first kappa shape index (κ1) is 17.7. The van der Waals surface area contributed by atoms with E-state index in [1.807, 2.05) is 20.8 Å². The Labute approximate surface area is 138 Å². The molecule has 0 unspecified atom stereocenters. The first-order valence-electron chi connectivity index (χ1n) is 7.48. The average molecular weight is 333 g/mol. The van der Waals surface area contributed by atoms with Gasteiger partial charge in [0.05, 0.1) is 5.69 Å². The van der Waals surface area contributed by atoms with Gasteiger partial charge in [-0.2, -0.15) is 0 Å². The topological polar surface area (TPSA) is 73.1 Å². The van der Waals surface area contributed by atoms with Crippen molar-refractivity contribution in [1.82, 2.24) is 14.5 Å². The molecule has 0 atom stereocenters. The molecule has 0 aliphatic rings. The van der Waals surface area contributed by atoms with Gasteiger partial charge in [0.15, 0.2) is 0 Å². The first-order chi connectivity index (χ1) is 11.1. The Bertz CT molecular complexity index is 891. The van der Waals surface area contributed by atoms with E-state index < -0.39 is 22.5 Å². The summed E-state index contributed by atoms with van der Waals surface area (Å²) in [7, 11) is 0. The highest BCUT2D eigenvalue weighted by Gasteiger charge is 2.16. The van der Waals surface area contributed by atoms with Crippen LogP contribution in [0.4, 0.5) is 4.39 Å². The van der Waals surface area contributed by atoms with E-state index in [9.17, 15) is 18.8 Å². The molecule has 1 heterocycles. The summed E-state index contributed by atoms with van der Waals surface area (Å²) in [6, 6.07) is 3.99. The van der Waals surface area contributed by atoms with Gasteiger partial charge >= 0.3 is 11.1 Å². The third-order valence-electron chi connectivity index (χ3n) is 3.32. The van der Waals surface area contributed by atoms with Crippen LogP contribution in [0.2, 0.25) is 0 Å². The second kappa shape index (κ2) is 6.43. The molecule has 7 heteroatoms. The van der Waals surface area contributed by atoms with Crippen molar-refractivity contribution in [2.75, 3.05) is 0 Å². The van der Waals surface area contributed by atoms with Gasteiger partial charge < -0.3 is 5.32 Å². The van der Waals surface area contributed by atoms with Crippen molar-refractivity contribution in [2.45, 2.75) is 39.8 Å². The molecule has 2 rings (SSSR count). The third-order valence-corrected chi connectivity index (χ3v) is 3.32. The zero-order chi connectivity index (χ0) is 18.1. The molecule has 0 aliphatic heterocycles. The van der Waals surface area contributed by atoms with E-state index >= 15 is 0 Å². The van der Waals surface area contributed by atoms with Crippen molar-refractivity contribution >= 4 is 5.91 Å². The van der Waals surface area contributed by atoms with Gasteiger partial charge in [0, 0.05) is 17.9 Å². The highest BCUT2D eigenvalue weighted by atomic mass is 19.1. The fraction of sp³-hybridized carbons (Fsp3) is 0.353. The predicted molar refractivity (Wildman–Crippen MR) is 88.9 cm³/mol.